The van der Waals surface area contributed by atoms with Gasteiger partial charge in [-0.25, -0.2) is 9.97 Å². The minimum absolute atomic E-state index is 0.626. The average molecular weight is 263 g/mol. The maximum Gasteiger partial charge on any atom is 0.253 e. The largest absolute Gasteiger partial charge is 0.253 e. The highest BCUT2D eigenvalue weighted by Crippen LogP contribution is 2.30. The van der Waals surface area contributed by atoms with E-state index in [1.807, 2.05) is 25.3 Å². The predicted octanol–water partition coefficient (Wildman–Crippen LogP) is 2.35. The van der Waals surface area contributed by atoms with Gasteiger partial charge in [-0.3, -0.25) is 0 Å². The first-order valence-electron chi connectivity index (χ1n) is 5.00. The lowest BCUT2D eigenvalue weighted by atomic mass is 10.5. The highest BCUT2D eigenvalue weighted by molar-refractivity contribution is 8.01. The van der Waals surface area contributed by atoms with Crippen LogP contribution in [-0.2, 0) is 0 Å². The van der Waals surface area contributed by atoms with E-state index in [1.54, 1.807) is 27.6 Å². The van der Waals surface area contributed by atoms with Crippen molar-refractivity contribution >= 4 is 28.9 Å². The van der Waals surface area contributed by atoms with Crippen LogP contribution in [0.3, 0.4) is 0 Å². The van der Waals surface area contributed by atoms with Crippen LogP contribution in [0.15, 0.2) is 27.1 Å². The van der Waals surface area contributed by atoms with Crippen LogP contribution in [0.1, 0.15) is 11.4 Å². The highest BCUT2D eigenvalue weighted by atomic mass is 32.2. The van der Waals surface area contributed by atoms with Crippen molar-refractivity contribution in [1.82, 2.24) is 24.6 Å². The Balaban J connectivity index is 2.07. The van der Waals surface area contributed by atoms with Crippen LogP contribution in [0.4, 0.5) is 0 Å². The van der Waals surface area contributed by atoms with Crippen molar-refractivity contribution in [2.24, 2.45) is 0 Å². The Morgan fingerprint density at radius 3 is 2.88 bits per heavy atom. The maximum absolute atomic E-state index is 4.43. The number of hydrogen-bond donors (Lipinski definition) is 0. The lowest BCUT2D eigenvalue weighted by molar-refractivity contribution is 0.833. The van der Waals surface area contributed by atoms with Gasteiger partial charge in [0.2, 0.25) is 0 Å². The summed E-state index contributed by atoms with van der Waals surface area (Å²) in [6.45, 7) is 3.94. The molecule has 0 saturated carbocycles. The van der Waals surface area contributed by atoms with E-state index in [9.17, 15) is 0 Å². The van der Waals surface area contributed by atoms with E-state index in [4.69, 9.17) is 0 Å². The minimum Gasteiger partial charge on any atom is -0.235 e. The molecule has 5 nitrogen and oxygen atoms in total. The van der Waals surface area contributed by atoms with E-state index in [0.717, 1.165) is 20.8 Å². The van der Waals surface area contributed by atoms with Crippen LogP contribution in [0.5, 0.6) is 0 Å². The van der Waals surface area contributed by atoms with Gasteiger partial charge in [-0.2, -0.15) is 14.6 Å². The summed E-state index contributed by atoms with van der Waals surface area (Å²) in [6.07, 6.45) is 1.51. The van der Waals surface area contributed by atoms with Gasteiger partial charge < -0.3 is 0 Å². The summed E-state index contributed by atoms with van der Waals surface area (Å²) in [5.41, 5.74) is 1.97. The van der Waals surface area contributed by atoms with E-state index >= 15 is 0 Å². The van der Waals surface area contributed by atoms with Crippen molar-refractivity contribution in [2.45, 2.75) is 23.2 Å². The quantitative estimate of drug-likeness (QED) is 0.664. The fourth-order valence-corrected chi connectivity index (χ4v) is 3.37. The van der Waals surface area contributed by atoms with Crippen LogP contribution in [0.2, 0.25) is 0 Å². The molecule has 0 spiro atoms. The number of fused-ring (bicyclic) bond motifs is 1. The minimum atomic E-state index is 0.626. The molecule has 3 heterocycles. The number of hydrogen-bond acceptors (Lipinski definition) is 6. The lowest BCUT2D eigenvalue weighted by Crippen LogP contribution is -1.96. The van der Waals surface area contributed by atoms with Gasteiger partial charge in [-0.15, -0.1) is 11.3 Å². The summed E-state index contributed by atoms with van der Waals surface area (Å²) in [5, 5.41) is 7.18. The first kappa shape index (κ1) is 10.7. The molecule has 17 heavy (non-hydrogen) atoms. The molecule has 3 aromatic rings. The number of nitrogens with zero attached hydrogens (tertiary/aromatic N) is 5. The number of thiazole rings is 1. The smallest absolute Gasteiger partial charge is 0.235 e. The first-order valence-corrected chi connectivity index (χ1v) is 6.69. The topological polar surface area (TPSA) is 56.0 Å². The molecule has 0 aromatic carbocycles. The van der Waals surface area contributed by atoms with Gasteiger partial charge in [-0.05, 0) is 31.7 Å². The Bertz CT molecular complexity index is 672. The van der Waals surface area contributed by atoms with E-state index in [0.29, 0.717) is 5.78 Å². The molecular weight excluding hydrogens is 254 g/mol. The molecule has 0 aliphatic rings. The van der Waals surface area contributed by atoms with Gasteiger partial charge >= 0.3 is 0 Å². The van der Waals surface area contributed by atoms with Gasteiger partial charge in [0, 0.05) is 16.8 Å². The van der Waals surface area contributed by atoms with Gasteiger partial charge in [-0.1, -0.05) is 0 Å². The Labute approximate surface area is 106 Å². The normalized spacial score (nSPS) is 11.2. The maximum atomic E-state index is 4.43. The van der Waals surface area contributed by atoms with Crippen molar-refractivity contribution in [3.05, 3.63) is 29.2 Å². The molecule has 0 fully saturated rings. The number of aromatic nitrogens is 5. The second-order valence-corrected chi connectivity index (χ2v) is 5.69. The summed E-state index contributed by atoms with van der Waals surface area (Å²) in [4.78, 5) is 12.8. The van der Waals surface area contributed by atoms with Crippen LogP contribution in [-0.4, -0.2) is 24.6 Å². The fourth-order valence-electron chi connectivity index (χ4n) is 1.44. The molecule has 0 aliphatic carbocycles. The van der Waals surface area contributed by atoms with Gasteiger partial charge in [0.1, 0.15) is 11.4 Å². The summed E-state index contributed by atoms with van der Waals surface area (Å²) < 4.78 is 2.74. The van der Waals surface area contributed by atoms with Gasteiger partial charge in [0.25, 0.3) is 5.78 Å². The third-order valence-corrected chi connectivity index (χ3v) is 4.19. The van der Waals surface area contributed by atoms with Crippen molar-refractivity contribution < 1.29 is 0 Å². The molecule has 3 rings (SSSR count). The molecule has 7 heteroatoms. The zero-order valence-corrected chi connectivity index (χ0v) is 10.9. The Kier molecular flexibility index (Phi) is 2.56. The monoisotopic (exact) mass is 263 g/mol. The zero-order valence-electron chi connectivity index (χ0n) is 9.28. The predicted molar refractivity (Wildman–Crippen MR) is 66.5 cm³/mol. The molecule has 0 atom stereocenters. The zero-order chi connectivity index (χ0) is 11.8. The van der Waals surface area contributed by atoms with Crippen LogP contribution >= 0.6 is 23.1 Å². The third kappa shape index (κ3) is 2.03. The molecule has 0 aliphatic heterocycles. The van der Waals surface area contributed by atoms with Gasteiger partial charge in [0.05, 0.1) is 0 Å². The van der Waals surface area contributed by atoms with E-state index < -0.39 is 0 Å². The molecule has 3 aromatic heterocycles. The number of rotatable bonds is 2. The summed E-state index contributed by atoms with van der Waals surface area (Å²) in [7, 11) is 0. The molecule has 0 amide bonds. The van der Waals surface area contributed by atoms with Crippen LogP contribution in [0, 0.1) is 13.8 Å². The van der Waals surface area contributed by atoms with E-state index in [-0.39, 0.29) is 0 Å². The molecule has 0 N–H and O–H groups in total. The molecule has 0 saturated heterocycles. The van der Waals surface area contributed by atoms with Crippen molar-refractivity contribution in [3.63, 3.8) is 0 Å². The Morgan fingerprint density at radius 1 is 1.24 bits per heavy atom. The van der Waals surface area contributed by atoms with E-state index in [2.05, 4.69) is 20.1 Å². The SMILES string of the molecule is Cc1csc(Sc2cc(C)nc3ncnn23)n1. The summed E-state index contributed by atoms with van der Waals surface area (Å²) in [5.74, 6) is 0.626. The molecular formula is C10H9N5S2. The van der Waals surface area contributed by atoms with Gasteiger partial charge in [0.15, 0.2) is 4.34 Å². The first-order chi connectivity index (χ1) is 8.22. The van der Waals surface area contributed by atoms with Crippen molar-refractivity contribution in [3.8, 4) is 0 Å². The van der Waals surface area contributed by atoms with Crippen LogP contribution in [0.25, 0.3) is 5.78 Å². The highest BCUT2D eigenvalue weighted by Gasteiger charge is 2.09. The third-order valence-electron chi connectivity index (χ3n) is 2.14. The van der Waals surface area contributed by atoms with Crippen molar-refractivity contribution in [2.75, 3.05) is 0 Å². The second-order valence-electron chi connectivity index (χ2n) is 3.56. The summed E-state index contributed by atoms with van der Waals surface area (Å²) >= 11 is 3.22. The molecule has 0 bridgehead atoms. The fraction of sp³-hybridized carbons (Fsp3) is 0.200. The average Bonchev–Trinajstić information content (AvgIpc) is 2.87. The van der Waals surface area contributed by atoms with E-state index in [1.165, 1.54) is 6.33 Å². The summed E-state index contributed by atoms with van der Waals surface area (Å²) in [6, 6.07) is 1.99. The number of aryl methyl sites for hydroxylation is 2. The second kappa shape index (κ2) is 4.08. The molecule has 86 valence electrons. The standard InChI is InChI=1S/C10H9N5S2/c1-6-3-8(15-9(13-6)11-5-12-15)17-10-14-7(2)4-16-10/h3-5H,1-2H3. The Hall–Kier alpha value is -1.47. The molecule has 0 unspecified atom stereocenters. The lowest BCUT2D eigenvalue weighted by Gasteiger charge is -2.02. The van der Waals surface area contributed by atoms with Crippen LogP contribution < -0.4 is 0 Å². The Morgan fingerprint density at radius 2 is 2.12 bits per heavy atom. The van der Waals surface area contributed by atoms with Crippen molar-refractivity contribution in [1.29, 1.82) is 0 Å². The molecule has 0 radical (unpaired) electrons.